The number of hydrogen-bond acceptors (Lipinski definition) is 1. The Morgan fingerprint density at radius 1 is 0.917 bits per heavy atom. The first-order valence-electron chi connectivity index (χ1n) is 3.47. The lowest BCUT2D eigenvalue weighted by Crippen LogP contribution is -1.84. The third-order valence-electron chi connectivity index (χ3n) is 1.71. The average Bonchev–Trinajstić information content (AvgIpc) is 2.12. The zero-order valence-corrected chi connectivity index (χ0v) is 6.09. The normalized spacial score (nSPS) is 10.5. The average molecular weight is 165 g/mol. The first-order chi connectivity index (χ1) is 5.79. The second-order valence-electron chi connectivity index (χ2n) is 2.45. The molecule has 0 aliphatic rings. The van der Waals surface area contributed by atoms with Crippen LogP contribution in [0.5, 0.6) is 0 Å². The Hall–Kier alpha value is -1.51. The molecule has 0 bridgehead atoms. The van der Waals surface area contributed by atoms with E-state index in [1.165, 1.54) is 18.5 Å². The van der Waals surface area contributed by atoms with Crippen molar-refractivity contribution in [2.45, 2.75) is 0 Å². The van der Waals surface area contributed by atoms with Gasteiger partial charge in [0.2, 0.25) is 0 Å². The molecule has 0 N–H and O–H groups in total. The predicted molar refractivity (Wildman–Crippen MR) is 41.7 cm³/mol. The smallest absolute Gasteiger partial charge is 0.132 e. The molecule has 0 saturated heterocycles. The van der Waals surface area contributed by atoms with Crippen molar-refractivity contribution in [2.24, 2.45) is 0 Å². The fourth-order valence-corrected chi connectivity index (χ4v) is 1.12. The molecule has 1 aromatic heterocycles. The summed E-state index contributed by atoms with van der Waals surface area (Å²) >= 11 is 0. The highest BCUT2D eigenvalue weighted by Crippen LogP contribution is 2.18. The van der Waals surface area contributed by atoms with Crippen LogP contribution in [-0.4, -0.2) is 4.98 Å². The molecule has 0 saturated carbocycles. The summed E-state index contributed by atoms with van der Waals surface area (Å²) < 4.78 is 25.9. The highest BCUT2D eigenvalue weighted by molar-refractivity contribution is 5.82. The van der Waals surface area contributed by atoms with Crippen LogP contribution in [-0.2, 0) is 0 Å². The molecule has 0 fully saturated rings. The van der Waals surface area contributed by atoms with Gasteiger partial charge in [0.15, 0.2) is 0 Å². The van der Waals surface area contributed by atoms with Crippen LogP contribution in [0.25, 0.3) is 10.8 Å². The number of rotatable bonds is 0. The number of fused-ring (bicyclic) bond motifs is 1. The summed E-state index contributed by atoms with van der Waals surface area (Å²) in [6, 6.07) is 3.66. The second-order valence-corrected chi connectivity index (χ2v) is 2.45. The van der Waals surface area contributed by atoms with Gasteiger partial charge in [0.25, 0.3) is 0 Å². The molecular weight excluding hydrogens is 160 g/mol. The summed E-state index contributed by atoms with van der Waals surface area (Å²) in [5, 5.41) is 0.488. The fraction of sp³-hybridized carbons (Fsp3) is 0. The number of hydrogen-bond donors (Lipinski definition) is 0. The summed E-state index contributed by atoms with van der Waals surface area (Å²) in [5.41, 5.74) is 0. The highest BCUT2D eigenvalue weighted by atomic mass is 19.1. The van der Waals surface area contributed by atoms with E-state index in [2.05, 4.69) is 4.98 Å². The van der Waals surface area contributed by atoms with Crippen molar-refractivity contribution < 1.29 is 8.78 Å². The second kappa shape index (κ2) is 2.52. The van der Waals surface area contributed by atoms with Gasteiger partial charge in [-0.05, 0) is 18.2 Å². The van der Waals surface area contributed by atoms with E-state index in [1.54, 1.807) is 0 Å². The van der Waals surface area contributed by atoms with Gasteiger partial charge in [-0.15, -0.1) is 0 Å². The maximum absolute atomic E-state index is 13.0. The molecule has 2 rings (SSSR count). The van der Waals surface area contributed by atoms with Gasteiger partial charge >= 0.3 is 0 Å². The molecule has 0 unspecified atom stereocenters. The van der Waals surface area contributed by atoms with Gasteiger partial charge in [-0.25, -0.2) is 8.78 Å². The minimum atomic E-state index is -0.445. The molecular formula is C9H5F2N. The Bertz CT molecular complexity index is 385. The number of pyridine rings is 1. The van der Waals surface area contributed by atoms with E-state index < -0.39 is 11.6 Å². The van der Waals surface area contributed by atoms with Crippen molar-refractivity contribution in [1.29, 1.82) is 0 Å². The van der Waals surface area contributed by atoms with Crippen LogP contribution in [0.3, 0.4) is 0 Å². The molecule has 0 amide bonds. The van der Waals surface area contributed by atoms with Crippen LogP contribution in [0.4, 0.5) is 8.78 Å². The van der Waals surface area contributed by atoms with Crippen LogP contribution >= 0.6 is 0 Å². The Kier molecular flexibility index (Phi) is 1.50. The lowest BCUT2D eigenvalue weighted by atomic mass is 10.1. The van der Waals surface area contributed by atoms with E-state index in [0.717, 1.165) is 12.1 Å². The molecule has 3 heteroatoms. The summed E-state index contributed by atoms with van der Waals surface area (Å²) in [7, 11) is 0. The molecule has 0 spiro atoms. The van der Waals surface area contributed by atoms with Gasteiger partial charge in [-0.1, -0.05) is 0 Å². The lowest BCUT2D eigenvalue weighted by Gasteiger charge is -1.98. The Morgan fingerprint density at radius 3 is 2.25 bits per heavy atom. The van der Waals surface area contributed by atoms with E-state index in [1.807, 2.05) is 0 Å². The van der Waals surface area contributed by atoms with Crippen LogP contribution in [0, 0.1) is 11.6 Å². The Balaban J connectivity index is 2.95. The van der Waals surface area contributed by atoms with E-state index in [9.17, 15) is 8.78 Å². The van der Waals surface area contributed by atoms with Crippen LogP contribution in [0.2, 0.25) is 0 Å². The molecule has 2 aromatic rings. The van der Waals surface area contributed by atoms with Crippen LogP contribution in [0.1, 0.15) is 0 Å². The van der Waals surface area contributed by atoms with Crippen molar-refractivity contribution in [1.82, 2.24) is 4.98 Å². The van der Waals surface area contributed by atoms with Gasteiger partial charge in [0.05, 0.1) is 0 Å². The Labute approximate surface area is 67.7 Å². The van der Waals surface area contributed by atoms with E-state index in [4.69, 9.17) is 0 Å². The maximum Gasteiger partial charge on any atom is 0.132 e. The standard InChI is InChI=1S/C9H5F2N/c10-8-1-2-9(11)7-5-12-4-3-6(7)8/h1-5H. The quantitative estimate of drug-likeness (QED) is 0.584. The molecule has 60 valence electrons. The van der Waals surface area contributed by atoms with Crippen molar-refractivity contribution in [3.05, 3.63) is 42.2 Å². The summed E-state index contributed by atoms with van der Waals surface area (Å²) in [6.45, 7) is 0. The van der Waals surface area contributed by atoms with Gasteiger partial charge in [0.1, 0.15) is 11.6 Å². The predicted octanol–water partition coefficient (Wildman–Crippen LogP) is 2.51. The number of nitrogens with zero attached hydrogens (tertiary/aromatic N) is 1. The Morgan fingerprint density at radius 2 is 1.58 bits per heavy atom. The van der Waals surface area contributed by atoms with Crippen molar-refractivity contribution in [3.63, 3.8) is 0 Å². The topological polar surface area (TPSA) is 12.9 Å². The number of benzene rings is 1. The monoisotopic (exact) mass is 165 g/mol. The van der Waals surface area contributed by atoms with Crippen molar-refractivity contribution in [3.8, 4) is 0 Å². The fourth-order valence-electron chi connectivity index (χ4n) is 1.12. The van der Waals surface area contributed by atoms with Crippen LogP contribution in [0.15, 0.2) is 30.6 Å². The summed E-state index contributed by atoms with van der Waals surface area (Å²) in [6.07, 6.45) is 2.75. The first-order valence-corrected chi connectivity index (χ1v) is 3.47. The molecule has 12 heavy (non-hydrogen) atoms. The van der Waals surface area contributed by atoms with Crippen LogP contribution < -0.4 is 0 Å². The van der Waals surface area contributed by atoms with Crippen molar-refractivity contribution in [2.75, 3.05) is 0 Å². The minimum absolute atomic E-state index is 0.220. The van der Waals surface area contributed by atoms with E-state index in [0.29, 0.717) is 0 Å². The zero-order valence-electron chi connectivity index (χ0n) is 6.09. The first kappa shape index (κ1) is 7.16. The lowest BCUT2D eigenvalue weighted by molar-refractivity contribution is 0.617. The van der Waals surface area contributed by atoms with Gasteiger partial charge in [-0.3, -0.25) is 4.98 Å². The highest BCUT2D eigenvalue weighted by Gasteiger charge is 2.03. The zero-order chi connectivity index (χ0) is 8.55. The van der Waals surface area contributed by atoms with E-state index in [-0.39, 0.29) is 10.8 Å². The SMILES string of the molecule is Fc1ccc(F)c2cnccc12. The largest absolute Gasteiger partial charge is 0.264 e. The number of halogens is 2. The van der Waals surface area contributed by atoms with Gasteiger partial charge in [0, 0.05) is 23.2 Å². The van der Waals surface area contributed by atoms with Gasteiger partial charge < -0.3 is 0 Å². The molecule has 0 atom stereocenters. The summed E-state index contributed by atoms with van der Waals surface area (Å²) in [5.74, 6) is -0.867. The molecule has 1 heterocycles. The number of aromatic nitrogens is 1. The minimum Gasteiger partial charge on any atom is -0.264 e. The third kappa shape index (κ3) is 0.942. The summed E-state index contributed by atoms with van der Waals surface area (Å²) in [4.78, 5) is 3.71. The van der Waals surface area contributed by atoms with Gasteiger partial charge in [-0.2, -0.15) is 0 Å². The molecule has 1 nitrogen and oxygen atoms in total. The molecule has 1 aromatic carbocycles. The molecule has 0 aliphatic carbocycles. The third-order valence-corrected chi connectivity index (χ3v) is 1.71. The van der Waals surface area contributed by atoms with Crippen molar-refractivity contribution >= 4 is 10.8 Å². The molecule has 0 radical (unpaired) electrons. The van der Waals surface area contributed by atoms with E-state index >= 15 is 0 Å². The maximum atomic E-state index is 13.0. The molecule has 0 aliphatic heterocycles.